The molecule has 0 aromatic rings. The Morgan fingerprint density at radius 1 is 0.333 bits per heavy atom. The number of rotatable bonds is 0. The second kappa shape index (κ2) is 22.2. The van der Waals surface area contributed by atoms with E-state index in [2.05, 4.69) is 30.4 Å². The van der Waals surface area contributed by atoms with Gasteiger partial charge in [0.05, 0.1) is 0 Å². The fourth-order valence-electron chi connectivity index (χ4n) is 2.44. The van der Waals surface area contributed by atoms with Gasteiger partial charge in [-0.3, -0.25) is 0 Å². The first-order valence-electron chi connectivity index (χ1n) is 10.9. The minimum absolute atomic E-state index is 1.04. The van der Waals surface area contributed by atoms with Gasteiger partial charge in [0.1, 0.15) is 0 Å². The van der Waals surface area contributed by atoms with E-state index in [4.69, 9.17) is 0 Å². The van der Waals surface area contributed by atoms with Gasteiger partial charge in [0.25, 0.3) is 0 Å². The highest BCUT2D eigenvalue weighted by molar-refractivity contribution is 5.23. The molecule has 0 aromatic heterocycles. The van der Waals surface area contributed by atoms with Crippen molar-refractivity contribution in [2.24, 2.45) is 0 Å². The predicted octanol–water partition coefficient (Wildman–Crippen LogP) is 8.82. The van der Waals surface area contributed by atoms with Crippen LogP contribution >= 0.6 is 0 Å². The lowest BCUT2D eigenvalue weighted by Crippen LogP contribution is -1.76. The summed E-state index contributed by atoms with van der Waals surface area (Å²) in [6, 6.07) is 0. The monoisotopic (exact) mass is 395 g/mol. The van der Waals surface area contributed by atoms with Crippen molar-refractivity contribution in [3.8, 4) is 0 Å². The van der Waals surface area contributed by atoms with Crippen LogP contribution < -0.4 is 0 Å². The smallest absolute Gasteiger partial charge is 0.0276 e. The van der Waals surface area contributed by atoms with E-state index in [-0.39, 0.29) is 0 Å². The molecule has 0 heteroatoms. The van der Waals surface area contributed by atoms with E-state index in [1.54, 1.807) is 0 Å². The van der Waals surface area contributed by atoms with Crippen LogP contribution in [-0.4, -0.2) is 0 Å². The van der Waals surface area contributed by atoms with Gasteiger partial charge in [-0.15, -0.1) is 0 Å². The molecule has 0 amide bonds. The number of allylic oxidation sites excluding steroid dienone is 24. The Labute approximate surface area is 184 Å². The van der Waals surface area contributed by atoms with Crippen molar-refractivity contribution in [3.63, 3.8) is 0 Å². The molecular weight excluding hydrogens is 360 g/mol. The molecule has 0 aromatic carbocycles. The van der Waals surface area contributed by atoms with Crippen molar-refractivity contribution in [1.82, 2.24) is 0 Å². The average molecular weight is 396 g/mol. The fourth-order valence-corrected chi connectivity index (χ4v) is 2.44. The van der Waals surface area contributed by atoms with E-state index in [1.807, 2.05) is 115 Å². The lowest BCUT2D eigenvalue weighted by Gasteiger charge is -1.96. The van der Waals surface area contributed by atoms with E-state index in [0.29, 0.717) is 0 Å². The molecule has 0 atom stereocenters. The van der Waals surface area contributed by atoms with Crippen molar-refractivity contribution in [2.75, 3.05) is 0 Å². The highest BCUT2D eigenvalue weighted by Gasteiger charge is 1.87. The lowest BCUT2D eigenvalue weighted by atomic mass is 10.1. The highest BCUT2D eigenvalue weighted by atomic mass is 13.9. The van der Waals surface area contributed by atoms with Gasteiger partial charge in [-0.1, -0.05) is 153 Å². The molecule has 0 saturated carbocycles. The first-order valence-corrected chi connectivity index (χ1v) is 10.9. The third-order valence-corrected chi connectivity index (χ3v) is 4.01. The number of hydrogen-bond acceptors (Lipinski definition) is 0. The quantitative estimate of drug-likeness (QED) is 0.384. The summed E-state index contributed by atoms with van der Waals surface area (Å²) in [5, 5.41) is 0. The van der Waals surface area contributed by atoms with E-state index >= 15 is 0 Å². The molecule has 0 N–H and O–H groups in total. The molecular formula is C30H35. The minimum Gasteiger partial charge on any atom is -0.0845 e. The Bertz CT molecular complexity index is 684. The van der Waals surface area contributed by atoms with Crippen LogP contribution in [-0.2, 0) is 0 Å². The van der Waals surface area contributed by atoms with Gasteiger partial charge < -0.3 is 0 Å². The van der Waals surface area contributed by atoms with Crippen LogP contribution in [0.15, 0.2) is 140 Å². The van der Waals surface area contributed by atoms with Crippen LogP contribution in [0.5, 0.6) is 0 Å². The average Bonchev–Trinajstić information content (AvgIpc) is 2.76. The third-order valence-electron chi connectivity index (χ3n) is 4.01. The lowest BCUT2D eigenvalue weighted by molar-refractivity contribution is 0.649. The Balaban J connectivity index is 2.51. The molecule has 0 heterocycles. The fraction of sp³-hybridized carbons (Fsp3) is 0.200. The van der Waals surface area contributed by atoms with E-state index in [9.17, 15) is 0 Å². The molecule has 0 unspecified atom stereocenters. The topological polar surface area (TPSA) is 0 Å². The molecule has 0 spiro atoms. The van der Waals surface area contributed by atoms with Gasteiger partial charge in [-0.05, 0) is 31.8 Å². The SMILES string of the molecule is [C]1=C/C=C/C=C\C=C\C=C\C=C\C=C\C=C/C=C/C=C/C=C/C=C/CCCCCC/1. The van der Waals surface area contributed by atoms with Gasteiger partial charge in [0.15, 0.2) is 0 Å². The van der Waals surface area contributed by atoms with Crippen molar-refractivity contribution >= 4 is 0 Å². The van der Waals surface area contributed by atoms with Gasteiger partial charge in [0.2, 0.25) is 0 Å². The molecule has 0 saturated heterocycles. The molecule has 1 rings (SSSR count). The summed E-state index contributed by atoms with van der Waals surface area (Å²) in [5.41, 5.74) is 0. The first-order chi connectivity index (χ1) is 15.0. The maximum Gasteiger partial charge on any atom is -0.0276 e. The zero-order valence-electron chi connectivity index (χ0n) is 18.0. The van der Waals surface area contributed by atoms with Gasteiger partial charge in [-0.25, -0.2) is 0 Å². The highest BCUT2D eigenvalue weighted by Crippen LogP contribution is 2.06. The third kappa shape index (κ3) is 19.6. The molecule has 0 bridgehead atoms. The maximum absolute atomic E-state index is 3.34. The van der Waals surface area contributed by atoms with Crippen LogP contribution in [0, 0.1) is 6.08 Å². The van der Waals surface area contributed by atoms with Crippen molar-refractivity contribution in [1.29, 1.82) is 0 Å². The largest absolute Gasteiger partial charge is 0.0845 e. The molecule has 1 radical (unpaired) electrons. The Morgan fingerprint density at radius 2 is 0.700 bits per heavy atom. The van der Waals surface area contributed by atoms with Crippen LogP contribution in [0.25, 0.3) is 0 Å². The van der Waals surface area contributed by atoms with Crippen LogP contribution in [0.1, 0.15) is 38.5 Å². The standard InChI is InChI=1S/C30H35/c1-2-4-6-8-10-12-14-16-18-20-22-24-26-28-30-29-27-25-23-21-19-17-15-13-11-9-7-5-3-1/h1-23H,24,26-30H2/b2-1+,5-3+,6-4-,9-7+,10-8+,13-11+,14-12+,17-15-,18-16+,21-19+,22-20+,25-23?. The Hall–Kier alpha value is -3.12. The van der Waals surface area contributed by atoms with Crippen molar-refractivity contribution < 1.29 is 0 Å². The summed E-state index contributed by atoms with van der Waals surface area (Å²) < 4.78 is 0. The minimum atomic E-state index is 1.04. The second-order valence-corrected chi connectivity index (χ2v) is 6.60. The molecule has 0 nitrogen and oxygen atoms in total. The first kappa shape index (κ1) is 24.9. The second-order valence-electron chi connectivity index (χ2n) is 6.60. The van der Waals surface area contributed by atoms with E-state index in [1.165, 1.54) is 25.7 Å². The van der Waals surface area contributed by atoms with Crippen LogP contribution in [0.3, 0.4) is 0 Å². The normalized spacial score (nSPS) is 30.4. The summed E-state index contributed by atoms with van der Waals surface area (Å²) in [6.45, 7) is 0. The van der Waals surface area contributed by atoms with Crippen molar-refractivity contribution in [2.45, 2.75) is 38.5 Å². The summed E-state index contributed by atoms with van der Waals surface area (Å²) in [7, 11) is 0. The molecule has 0 aliphatic heterocycles. The molecule has 1 aliphatic carbocycles. The molecule has 0 fully saturated rings. The van der Waals surface area contributed by atoms with Gasteiger partial charge in [-0.2, -0.15) is 0 Å². The summed E-state index contributed by atoms with van der Waals surface area (Å²) in [6.07, 6.45) is 57.5. The molecule has 30 heavy (non-hydrogen) atoms. The van der Waals surface area contributed by atoms with Gasteiger partial charge in [0, 0.05) is 0 Å². The van der Waals surface area contributed by atoms with E-state index in [0.717, 1.165) is 12.8 Å². The Kier molecular flexibility index (Phi) is 18.4. The van der Waals surface area contributed by atoms with Gasteiger partial charge >= 0.3 is 0 Å². The molecule has 1 aliphatic rings. The maximum atomic E-state index is 3.34. The van der Waals surface area contributed by atoms with Crippen molar-refractivity contribution in [3.05, 3.63) is 146 Å². The zero-order valence-corrected chi connectivity index (χ0v) is 18.0. The summed E-state index contributed by atoms with van der Waals surface area (Å²) in [5.74, 6) is 0. The Morgan fingerprint density at radius 3 is 1.17 bits per heavy atom. The van der Waals surface area contributed by atoms with Crippen LogP contribution in [0.2, 0.25) is 0 Å². The zero-order chi connectivity index (χ0) is 21.2. The van der Waals surface area contributed by atoms with E-state index < -0.39 is 0 Å². The number of hydrogen-bond donors (Lipinski definition) is 0. The summed E-state index contributed by atoms with van der Waals surface area (Å²) >= 11 is 0. The predicted molar refractivity (Wildman–Crippen MR) is 136 cm³/mol. The van der Waals surface area contributed by atoms with Crippen LogP contribution in [0.4, 0.5) is 0 Å². The molecule has 155 valence electrons. The summed E-state index contributed by atoms with van der Waals surface area (Å²) in [4.78, 5) is 0.